The summed E-state index contributed by atoms with van der Waals surface area (Å²) >= 11 is 1.43. The summed E-state index contributed by atoms with van der Waals surface area (Å²) in [5, 5.41) is 12.8. The maximum absolute atomic E-state index is 13.3. The van der Waals surface area contributed by atoms with Gasteiger partial charge in [-0.05, 0) is 68.5 Å². The zero-order valence-corrected chi connectivity index (χ0v) is 17.5. The van der Waals surface area contributed by atoms with E-state index in [0.29, 0.717) is 25.1 Å². The van der Waals surface area contributed by atoms with Gasteiger partial charge in [0, 0.05) is 23.6 Å². The summed E-state index contributed by atoms with van der Waals surface area (Å²) in [4.78, 5) is 28.0. The van der Waals surface area contributed by atoms with Gasteiger partial charge in [-0.3, -0.25) is 9.59 Å². The highest BCUT2D eigenvalue weighted by Gasteiger charge is 2.46. The predicted molar refractivity (Wildman–Crippen MR) is 110 cm³/mol. The number of ether oxygens (including phenoxy) is 1. The highest BCUT2D eigenvalue weighted by Crippen LogP contribution is 2.42. The molecule has 1 saturated heterocycles. The van der Waals surface area contributed by atoms with Crippen molar-refractivity contribution in [3.05, 3.63) is 63.1 Å². The van der Waals surface area contributed by atoms with Crippen LogP contribution in [0.4, 0.5) is 4.39 Å². The average Bonchev–Trinajstić information content (AvgIpc) is 3.20. The Hall–Kier alpha value is -2.51. The van der Waals surface area contributed by atoms with Gasteiger partial charge in [0.2, 0.25) is 0 Å². The number of rotatable bonds is 7. The van der Waals surface area contributed by atoms with Crippen LogP contribution < -0.4 is 0 Å². The molecule has 2 aromatic rings. The lowest BCUT2D eigenvalue weighted by atomic mass is 9.98. The number of carbonyl (C=O) groups excluding carboxylic acids is 2. The van der Waals surface area contributed by atoms with Gasteiger partial charge in [-0.15, -0.1) is 11.3 Å². The van der Waals surface area contributed by atoms with Crippen LogP contribution in [-0.2, 0) is 14.3 Å². The molecule has 1 aromatic heterocycles. The third-order valence-corrected chi connectivity index (χ3v) is 5.87. The number of aliphatic hydroxyl groups is 1. The minimum Gasteiger partial charge on any atom is -0.507 e. The molecule has 1 aliphatic heterocycles. The molecule has 0 radical (unpaired) electrons. The first-order valence-electron chi connectivity index (χ1n) is 9.51. The lowest BCUT2D eigenvalue weighted by Crippen LogP contribution is -2.31. The summed E-state index contributed by atoms with van der Waals surface area (Å²) in [6.07, 6.45) is 0.655. The number of benzene rings is 1. The van der Waals surface area contributed by atoms with E-state index < -0.39 is 23.5 Å². The normalized spacial score (nSPS) is 18.8. The molecule has 3 rings (SSSR count). The smallest absolute Gasteiger partial charge is 0.295 e. The van der Waals surface area contributed by atoms with E-state index in [4.69, 9.17) is 4.74 Å². The fourth-order valence-corrected chi connectivity index (χ4v) is 4.41. The molecule has 0 saturated carbocycles. The van der Waals surface area contributed by atoms with E-state index in [-0.39, 0.29) is 17.4 Å². The van der Waals surface area contributed by atoms with Crippen molar-refractivity contribution in [1.29, 1.82) is 0 Å². The Labute approximate surface area is 173 Å². The highest BCUT2D eigenvalue weighted by atomic mass is 32.1. The van der Waals surface area contributed by atoms with Crippen molar-refractivity contribution in [2.24, 2.45) is 0 Å². The minimum absolute atomic E-state index is 0.0388. The van der Waals surface area contributed by atoms with E-state index in [1.54, 1.807) is 0 Å². The molecule has 1 amide bonds. The standard InChI is InChI=1S/C22H24FNO4S/c1-13(2)28-11-4-10-24-18(21-14(3)9-12-29-21)17(20(26)22(24)27)19(25)15-5-7-16(23)8-6-15/h5-9,12-13,18,25H,4,10-11H2,1-3H3/b19-17-. The number of carbonyl (C=O) groups is 2. The van der Waals surface area contributed by atoms with Crippen LogP contribution in [0, 0.1) is 12.7 Å². The maximum Gasteiger partial charge on any atom is 0.295 e. The summed E-state index contributed by atoms with van der Waals surface area (Å²) in [5.41, 5.74) is 1.28. The molecule has 0 spiro atoms. The van der Waals surface area contributed by atoms with Crippen molar-refractivity contribution in [2.75, 3.05) is 13.2 Å². The van der Waals surface area contributed by atoms with Gasteiger partial charge in [0.25, 0.3) is 11.7 Å². The molecule has 7 heteroatoms. The van der Waals surface area contributed by atoms with E-state index >= 15 is 0 Å². The van der Waals surface area contributed by atoms with Crippen molar-refractivity contribution < 1.29 is 23.8 Å². The van der Waals surface area contributed by atoms with Gasteiger partial charge >= 0.3 is 0 Å². The second-order valence-corrected chi connectivity index (χ2v) is 8.19. The third-order valence-electron chi connectivity index (χ3n) is 4.80. The van der Waals surface area contributed by atoms with Crippen LogP contribution in [0.3, 0.4) is 0 Å². The van der Waals surface area contributed by atoms with Crippen molar-refractivity contribution in [2.45, 2.75) is 39.3 Å². The first-order chi connectivity index (χ1) is 13.8. The number of halogens is 1. The number of hydrogen-bond acceptors (Lipinski definition) is 5. The molecule has 1 atom stereocenters. The second kappa shape index (κ2) is 8.88. The molecule has 2 heterocycles. The summed E-state index contributed by atoms with van der Waals surface area (Å²) in [5.74, 6) is -2.11. The Kier molecular flexibility index (Phi) is 6.49. The summed E-state index contributed by atoms with van der Waals surface area (Å²) in [6.45, 7) is 6.58. The quantitative estimate of drug-likeness (QED) is 0.313. The minimum atomic E-state index is -0.727. The number of amides is 1. The van der Waals surface area contributed by atoms with Gasteiger partial charge < -0.3 is 14.7 Å². The molecule has 29 heavy (non-hydrogen) atoms. The maximum atomic E-state index is 13.3. The van der Waals surface area contributed by atoms with Crippen LogP contribution in [-0.4, -0.2) is 41.0 Å². The summed E-state index contributed by atoms with van der Waals surface area (Å²) in [6, 6.07) is 6.46. The Bertz CT molecular complexity index is 933. The van der Waals surface area contributed by atoms with Gasteiger partial charge in [0.1, 0.15) is 11.6 Å². The molecular weight excluding hydrogens is 393 g/mol. The highest BCUT2D eigenvalue weighted by molar-refractivity contribution is 7.10. The zero-order chi connectivity index (χ0) is 21.1. The SMILES string of the molecule is Cc1ccsc1C1/C(=C(/O)c2ccc(F)cc2)C(=O)C(=O)N1CCCOC(C)C. The Morgan fingerprint density at radius 3 is 2.52 bits per heavy atom. The lowest BCUT2D eigenvalue weighted by Gasteiger charge is -2.25. The number of ketones is 1. The average molecular weight is 418 g/mol. The van der Waals surface area contributed by atoms with E-state index in [0.717, 1.165) is 10.4 Å². The number of hydrogen-bond donors (Lipinski definition) is 1. The fraction of sp³-hybridized carbons (Fsp3) is 0.364. The van der Waals surface area contributed by atoms with Gasteiger partial charge in [-0.25, -0.2) is 4.39 Å². The molecule has 1 aromatic carbocycles. The number of thiophene rings is 1. The summed E-state index contributed by atoms with van der Waals surface area (Å²) in [7, 11) is 0. The molecule has 1 fully saturated rings. The Morgan fingerprint density at radius 2 is 1.93 bits per heavy atom. The molecule has 1 unspecified atom stereocenters. The number of aliphatic hydroxyl groups excluding tert-OH is 1. The van der Waals surface area contributed by atoms with Crippen LogP contribution in [0.15, 0.2) is 41.3 Å². The number of aryl methyl sites for hydroxylation is 1. The molecule has 0 bridgehead atoms. The van der Waals surface area contributed by atoms with Gasteiger partial charge in [-0.1, -0.05) is 0 Å². The molecular formula is C22H24FNO4S. The van der Waals surface area contributed by atoms with Crippen molar-refractivity contribution >= 4 is 28.8 Å². The largest absolute Gasteiger partial charge is 0.507 e. The van der Waals surface area contributed by atoms with Gasteiger partial charge in [-0.2, -0.15) is 0 Å². The van der Waals surface area contributed by atoms with Crippen molar-refractivity contribution in [3.8, 4) is 0 Å². The van der Waals surface area contributed by atoms with Crippen molar-refractivity contribution in [3.63, 3.8) is 0 Å². The summed E-state index contributed by atoms with van der Waals surface area (Å²) < 4.78 is 18.8. The van der Waals surface area contributed by atoms with Gasteiger partial charge in [0.15, 0.2) is 0 Å². The third kappa shape index (κ3) is 4.41. The van der Waals surface area contributed by atoms with Crippen molar-refractivity contribution in [1.82, 2.24) is 4.90 Å². The first-order valence-corrected chi connectivity index (χ1v) is 10.4. The number of likely N-dealkylation sites (tertiary alicyclic amines) is 1. The van der Waals surface area contributed by atoms with Crippen LogP contribution in [0.25, 0.3) is 5.76 Å². The van der Waals surface area contributed by atoms with Gasteiger partial charge in [0.05, 0.1) is 17.7 Å². The molecule has 1 aliphatic rings. The number of nitrogens with zero attached hydrogens (tertiary/aromatic N) is 1. The zero-order valence-electron chi connectivity index (χ0n) is 16.6. The van der Waals surface area contributed by atoms with E-state index in [1.165, 1.54) is 40.5 Å². The monoisotopic (exact) mass is 417 g/mol. The van der Waals surface area contributed by atoms with Crippen LogP contribution in [0.1, 0.15) is 42.3 Å². The Balaban J connectivity index is 2.01. The van der Waals surface area contributed by atoms with E-state index in [2.05, 4.69) is 0 Å². The first kappa shape index (κ1) is 21.2. The van der Waals surface area contributed by atoms with Crippen LogP contribution in [0.5, 0.6) is 0 Å². The second-order valence-electron chi connectivity index (χ2n) is 7.24. The van der Waals surface area contributed by atoms with E-state index in [9.17, 15) is 19.1 Å². The topological polar surface area (TPSA) is 66.8 Å². The molecule has 5 nitrogen and oxygen atoms in total. The lowest BCUT2D eigenvalue weighted by molar-refractivity contribution is -0.140. The van der Waals surface area contributed by atoms with E-state index in [1.807, 2.05) is 32.2 Å². The number of Topliss-reactive ketones (excluding diaryl/α,β-unsaturated/α-hetero) is 1. The predicted octanol–water partition coefficient (Wildman–Crippen LogP) is 4.43. The van der Waals surface area contributed by atoms with Crippen LogP contribution in [0.2, 0.25) is 0 Å². The fourth-order valence-electron chi connectivity index (χ4n) is 3.36. The van der Waals surface area contributed by atoms with Crippen LogP contribution >= 0.6 is 11.3 Å². The molecule has 0 aliphatic carbocycles. The molecule has 154 valence electrons. The molecule has 1 N–H and O–H groups in total. The Morgan fingerprint density at radius 1 is 1.24 bits per heavy atom.